The normalized spacial score (nSPS) is 10.8. The number of hydrogen-bond donors (Lipinski definition) is 1. The molecule has 10 heavy (non-hydrogen) atoms. The van der Waals surface area contributed by atoms with Gasteiger partial charge in [-0.15, -0.1) is 0 Å². The van der Waals surface area contributed by atoms with Gasteiger partial charge in [-0.1, -0.05) is 31.4 Å². The van der Waals surface area contributed by atoms with Crippen molar-refractivity contribution in [2.24, 2.45) is 0 Å². The predicted molar refractivity (Wildman–Crippen MR) is 39.6 cm³/mol. The first kappa shape index (κ1) is 9.88. The number of nitrogens with zero attached hydrogens (tertiary/aromatic N) is 1. The quantitative estimate of drug-likeness (QED) is 0.459. The Balaban J connectivity index is 2.77. The maximum absolute atomic E-state index is 8.52. The van der Waals surface area contributed by atoms with Crippen LogP contribution < -0.4 is 0 Å². The molecule has 0 aliphatic rings. The highest BCUT2D eigenvalue weighted by Crippen LogP contribution is 1.98. The van der Waals surface area contributed by atoms with Crippen molar-refractivity contribution < 1.29 is 10.0 Å². The van der Waals surface area contributed by atoms with Gasteiger partial charge in [0.1, 0.15) is 0 Å². The Hall–Kier alpha value is -0.120. The van der Waals surface area contributed by atoms with Gasteiger partial charge in [0, 0.05) is 7.05 Å². The molecule has 0 aromatic rings. The molecule has 3 nitrogen and oxygen atoms in total. The van der Waals surface area contributed by atoms with E-state index < -0.39 is 0 Å². The molecule has 0 radical (unpaired) electrons. The summed E-state index contributed by atoms with van der Waals surface area (Å²) in [7, 11) is 1.47. The predicted octanol–water partition coefficient (Wildman–Crippen LogP) is 1.82. The molecule has 0 saturated carbocycles. The minimum atomic E-state index is 0.618. The van der Waals surface area contributed by atoms with E-state index in [-0.39, 0.29) is 0 Å². The second-order valence-corrected chi connectivity index (χ2v) is 2.36. The Bertz CT molecular complexity index is 66.6. The molecule has 1 N–H and O–H groups in total. The minimum Gasteiger partial charge on any atom is -0.290 e. The lowest BCUT2D eigenvalue weighted by atomic mass is 10.2. The standard InChI is InChI=1S/C7H17NO2/c1-3-4-5-6-7-10-8(2)9/h9H,3-7H2,1-2H3. The van der Waals surface area contributed by atoms with Crippen LogP contribution in [0.4, 0.5) is 0 Å². The largest absolute Gasteiger partial charge is 0.290 e. The number of hydroxylamine groups is 2. The van der Waals surface area contributed by atoms with Gasteiger partial charge >= 0.3 is 0 Å². The van der Waals surface area contributed by atoms with E-state index in [0.29, 0.717) is 6.61 Å². The van der Waals surface area contributed by atoms with Crippen LogP contribution in [-0.2, 0) is 4.84 Å². The summed E-state index contributed by atoms with van der Waals surface area (Å²) >= 11 is 0. The first-order valence-electron chi connectivity index (χ1n) is 3.83. The lowest BCUT2D eigenvalue weighted by molar-refractivity contribution is -0.323. The van der Waals surface area contributed by atoms with Gasteiger partial charge in [0.2, 0.25) is 0 Å². The van der Waals surface area contributed by atoms with E-state index in [1.165, 1.54) is 26.3 Å². The molecule has 62 valence electrons. The third-order valence-electron chi connectivity index (χ3n) is 1.28. The van der Waals surface area contributed by atoms with Crippen LogP contribution in [0, 0.1) is 0 Å². The van der Waals surface area contributed by atoms with Crippen molar-refractivity contribution in [1.29, 1.82) is 0 Å². The molecule has 0 rings (SSSR count). The molecule has 0 unspecified atom stereocenters. The second kappa shape index (κ2) is 6.99. The summed E-state index contributed by atoms with van der Waals surface area (Å²) in [6, 6.07) is 0. The molecular weight excluding hydrogens is 130 g/mol. The third kappa shape index (κ3) is 7.88. The molecule has 0 aromatic carbocycles. The van der Waals surface area contributed by atoms with Crippen LogP contribution in [0.25, 0.3) is 0 Å². The van der Waals surface area contributed by atoms with Crippen molar-refractivity contribution in [3.8, 4) is 0 Å². The molecule has 0 amide bonds. The monoisotopic (exact) mass is 147 g/mol. The molecular formula is C7H17NO2. The Labute approximate surface area is 62.5 Å². The lowest BCUT2D eigenvalue weighted by Crippen LogP contribution is -2.13. The second-order valence-electron chi connectivity index (χ2n) is 2.36. The van der Waals surface area contributed by atoms with Crippen LogP contribution in [-0.4, -0.2) is 24.1 Å². The summed E-state index contributed by atoms with van der Waals surface area (Å²) in [5.74, 6) is 0. The van der Waals surface area contributed by atoms with Gasteiger partial charge in [-0.05, 0) is 6.42 Å². The lowest BCUT2D eigenvalue weighted by Gasteiger charge is -2.07. The van der Waals surface area contributed by atoms with Crippen molar-refractivity contribution in [2.75, 3.05) is 13.7 Å². The number of unbranched alkanes of at least 4 members (excludes halogenated alkanes) is 3. The van der Waals surface area contributed by atoms with E-state index in [1.54, 1.807) is 0 Å². The van der Waals surface area contributed by atoms with Gasteiger partial charge in [0.05, 0.1) is 6.61 Å². The molecule has 0 aliphatic carbocycles. The molecule has 0 bridgehead atoms. The number of hydrogen-bond acceptors (Lipinski definition) is 3. The van der Waals surface area contributed by atoms with Crippen molar-refractivity contribution in [1.82, 2.24) is 5.23 Å². The topological polar surface area (TPSA) is 32.7 Å². The van der Waals surface area contributed by atoms with E-state index in [4.69, 9.17) is 10.0 Å². The maximum Gasteiger partial charge on any atom is 0.0711 e. The van der Waals surface area contributed by atoms with Gasteiger partial charge < -0.3 is 0 Å². The molecule has 0 aromatic heterocycles. The minimum absolute atomic E-state index is 0.618. The zero-order chi connectivity index (χ0) is 7.82. The van der Waals surface area contributed by atoms with Crippen LogP contribution in [0.3, 0.4) is 0 Å². The molecule has 0 atom stereocenters. The smallest absolute Gasteiger partial charge is 0.0711 e. The summed E-state index contributed by atoms with van der Waals surface area (Å²) in [5.41, 5.74) is 0. The van der Waals surface area contributed by atoms with Crippen molar-refractivity contribution in [2.45, 2.75) is 32.6 Å². The highest BCUT2D eigenvalue weighted by Gasteiger charge is 1.90. The van der Waals surface area contributed by atoms with Gasteiger partial charge in [-0.3, -0.25) is 10.0 Å². The molecule has 0 aliphatic heterocycles. The van der Waals surface area contributed by atoms with Crippen molar-refractivity contribution in [3.63, 3.8) is 0 Å². The fraction of sp³-hybridized carbons (Fsp3) is 1.00. The highest BCUT2D eigenvalue weighted by molar-refractivity contribution is 4.37. The summed E-state index contributed by atoms with van der Waals surface area (Å²) in [6.07, 6.45) is 4.69. The Morgan fingerprint density at radius 3 is 2.50 bits per heavy atom. The van der Waals surface area contributed by atoms with Crippen molar-refractivity contribution >= 4 is 0 Å². The fourth-order valence-corrected chi connectivity index (χ4v) is 0.726. The SMILES string of the molecule is CCCCCCON(C)O. The van der Waals surface area contributed by atoms with Crippen LogP contribution >= 0.6 is 0 Å². The van der Waals surface area contributed by atoms with Crippen LogP contribution in [0.1, 0.15) is 32.6 Å². The molecule has 3 heteroatoms. The average molecular weight is 147 g/mol. The van der Waals surface area contributed by atoms with E-state index >= 15 is 0 Å². The fourth-order valence-electron chi connectivity index (χ4n) is 0.726. The molecule has 0 heterocycles. The summed E-state index contributed by atoms with van der Waals surface area (Å²) in [4.78, 5) is 4.78. The maximum atomic E-state index is 8.52. The summed E-state index contributed by atoms with van der Waals surface area (Å²) in [5, 5.41) is 9.28. The molecule has 0 spiro atoms. The third-order valence-corrected chi connectivity index (χ3v) is 1.28. The van der Waals surface area contributed by atoms with E-state index in [2.05, 4.69) is 6.92 Å². The summed E-state index contributed by atoms with van der Waals surface area (Å²) in [6.45, 7) is 2.78. The first-order valence-corrected chi connectivity index (χ1v) is 3.83. The Morgan fingerprint density at radius 2 is 2.00 bits per heavy atom. The van der Waals surface area contributed by atoms with Gasteiger partial charge in [0.25, 0.3) is 0 Å². The van der Waals surface area contributed by atoms with Crippen LogP contribution in [0.2, 0.25) is 0 Å². The molecule has 0 fully saturated rings. The van der Waals surface area contributed by atoms with Gasteiger partial charge in [-0.25, -0.2) is 0 Å². The number of rotatable bonds is 6. The van der Waals surface area contributed by atoms with E-state index in [1.807, 2.05) is 0 Å². The zero-order valence-electron chi connectivity index (χ0n) is 6.84. The van der Waals surface area contributed by atoms with E-state index in [9.17, 15) is 0 Å². The van der Waals surface area contributed by atoms with Gasteiger partial charge in [0.15, 0.2) is 0 Å². The molecule has 0 saturated heterocycles. The van der Waals surface area contributed by atoms with Crippen LogP contribution in [0.5, 0.6) is 0 Å². The van der Waals surface area contributed by atoms with Gasteiger partial charge in [-0.2, -0.15) is 0 Å². The Morgan fingerprint density at radius 1 is 1.30 bits per heavy atom. The highest BCUT2D eigenvalue weighted by atomic mass is 16.9. The first-order chi connectivity index (χ1) is 4.77. The van der Waals surface area contributed by atoms with Crippen LogP contribution in [0.15, 0.2) is 0 Å². The average Bonchev–Trinajstić information content (AvgIpc) is 1.87. The van der Waals surface area contributed by atoms with Crippen molar-refractivity contribution in [3.05, 3.63) is 0 Å². The summed E-state index contributed by atoms with van der Waals surface area (Å²) < 4.78 is 0. The Kier molecular flexibility index (Phi) is 6.91. The van der Waals surface area contributed by atoms with E-state index in [0.717, 1.165) is 11.6 Å². The zero-order valence-corrected chi connectivity index (χ0v) is 6.84.